The van der Waals surface area contributed by atoms with Crippen LogP contribution in [-0.4, -0.2) is 12.6 Å². The number of hydrogen-bond acceptors (Lipinski definition) is 2. The molecule has 0 amide bonds. The lowest BCUT2D eigenvalue weighted by atomic mass is 9.81. The predicted octanol–water partition coefficient (Wildman–Crippen LogP) is 2.45. The van der Waals surface area contributed by atoms with Crippen molar-refractivity contribution in [3.05, 3.63) is 29.3 Å². The molecule has 1 aliphatic carbocycles. The number of hydrogen-bond donors (Lipinski definition) is 2. The van der Waals surface area contributed by atoms with Crippen molar-refractivity contribution in [3.63, 3.8) is 0 Å². The van der Waals surface area contributed by atoms with Crippen LogP contribution in [0.25, 0.3) is 0 Å². The van der Waals surface area contributed by atoms with Gasteiger partial charge in [0.05, 0.1) is 0 Å². The summed E-state index contributed by atoms with van der Waals surface area (Å²) in [5.74, 6) is 0.779. The van der Waals surface area contributed by atoms with E-state index in [9.17, 15) is 0 Å². The average Bonchev–Trinajstić information content (AvgIpc) is 2.16. The minimum Gasteiger partial charge on any atom is -0.385 e. The molecular formula is C13H20N2. The number of nitrogens with two attached hydrogens (primary N) is 1. The molecule has 0 unspecified atom stereocenters. The van der Waals surface area contributed by atoms with Gasteiger partial charge in [-0.25, -0.2) is 0 Å². The second kappa shape index (κ2) is 4.23. The van der Waals surface area contributed by atoms with E-state index < -0.39 is 0 Å². The summed E-state index contributed by atoms with van der Waals surface area (Å²) in [5, 5.41) is 3.48. The molecule has 0 aliphatic heterocycles. The maximum absolute atomic E-state index is 5.75. The van der Waals surface area contributed by atoms with E-state index in [4.69, 9.17) is 5.73 Å². The summed E-state index contributed by atoms with van der Waals surface area (Å²) in [7, 11) is 0. The Bertz CT molecular complexity index is 340. The third-order valence-electron chi connectivity index (χ3n) is 3.37. The Hall–Kier alpha value is -1.02. The fraction of sp³-hybridized carbons (Fsp3) is 0.538. The van der Waals surface area contributed by atoms with Crippen LogP contribution in [0.1, 0.15) is 24.0 Å². The number of anilines is 1. The molecule has 3 N–H and O–H groups in total. The molecule has 0 saturated heterocycles. The molecule has 0 bridgehead atoms. The van der Waals surface area contributed by atoms with Gasteiger partial charge in [-0.1, -0.05) is 6.07 Å². The zero-order valence-electron chi connectivity index (χ0n) is 9.59. The molecule has 2 heteroatoms. The number of aryl methyl sites for hydroxylation is 2. The van der Waals surface area contributed by atoms with Crippen LogP contribution in [0.4, 0.5) is 5.69 Å². The maximum Gasteiger partial charge on any atom is 0.0343 e. The standard InChI is InChI=1S/C13H20N2/c1-9-3-4-13(5-10(9)2)15-8-11-6-12(14)7-11/h3-5,11-12,15H,6-8,14H2,1-2H3. The third-order valence-corrected chi connectivity index (χ3v) is 3.37. The highest BCUT2D eigenvalue weighted by molar-refractivity contribution is 5.48. The van der Waals surface area contributed by atoms with Crippen molar-refractivity contribution in [1.82, 2.24) is 0 Å². The first kappa shape index (κ1) is 10.5. The molecule has 1 aromatic carbocycles. The molecule has 2 nitrogen and oxygen atoms in total. The molecule has 1 fully saturated rings. The first-order chi connectivity index (χ1) is 7.15. The summed E-state index contributed by atoms with van der Waals surface area (Å²) in [5.41, 5.74) is 9.69. The summed E-state index contributed by atoms with van der Waals surface area (Å²) in [4.78, 5) is 0. The second-order valence-electron chi connectivity index (χ2n) is 4.78. The van der Waals surface area contributed by atoms with Crippen molar-refractivity contribution in [2.45, 2.75) is 32.7 Å². The monoisotopic (exact) mass is 204 g/mol. The Morgan fingerprint density at radius 1 is 1.27 bits per heavy atom. The van der Waals surface area contributed by atoms with Crippen LogP contribution in [0.15, 0.2) is 18.2 Å². The zero-order valence-corrected chi connectivity index (χ0v) is 9.59. The molecule has 0 heterocycles. The van der Waals surface area contributed by atoms with Gasteiger partial charge in [-0.3, -0.25) is 0 Å². The highest BCUT2D eigenvalue weighted by Crippen LogP contribution is 2.26. The van der Waals surface area contributed by atoms with Crippen molar-refractivity contribution < 1.29 is 0 Å². The van der Waals surface area contributed by atoms with Crippen LogP contribution >= 0.6 is 0 Å². The Kier molecular flexibility index (Phi) is 2.96. The van der Waals surface area contributed by atoms with Crippen LogP contribution in [0.2, 0.25) is 0 Å². The molecule has 1 saturated carbocycles. The Morgan fingerprint density at radius 2 is 2.00 bits per heavy atom. The van der Waals surface area contributed by atoms with Crippen LogP contribution in [0.5, 0.6) is 0 Å². The highest BCUT2D eigenvalue weighted by Gasteiger charge is 2.25. The fourth-order valence-electron chi connectivity index (χ4n) is 2.07. The first-order valence-electron chi connectivity index (χ1n) is 5.72. The molecule has 0 spiro atoms. The summed E-state index contributed by atoms with van der Waals surface area (Å²) in [6, 6.07) is 7.00. The van der Waals surface area contributed by atoms with Crippen molar-refractivity contribution in [2.75, 3.05) is 11.9 Å². The lowest BCUT2D eigenvalue weighted by Crippen LogP contribution is -2.39. The fourth-order valence-corrected chi connectivity index (χ4v) is 2.07. The van der Waals surface area contributed by atoms with Gasteiger partial charge >= 0.3 is 0 Å². The largest absolute Gasteiger partial charge is 0.385 e. The lowest BCUT2D eigenvalue weighted by Gasteiger charge is -2.32. The topological polar surface area (TPSA) is 38.0 Å². The van der Waals surface area contributed by atoms with Crippen molar-refractivity contribution in [2.24, 2.45) is 11.7 Å². The van der Waals surface area contributed by atoms with Gasteiger partial charge in [-0.2, -0.15) is 0 Å². The first-order valence-corrected chi connectivity index (χ1v) is 5.72. The van der Waals surface area contributed by atoms with Crippen LogP contribution in [-0.2, 0) is 0 Å². The molecule has 0 atom stereocenters. The molecule has 15 heavy (non-hydrogen) atoms. The second-order valence-corrected chi connectivity index (χ2v) is 4.78. The summed E-state index contributed by atoms with van der Waals surface area (Å²) >= 11 is 0. The molecular weight excluding hydrogens is 184 g/mol. The highest BCUT2D eigenvalue weighted by atomic mass is 14.9. The minimum atomic E-state index is 0.455. The van der Waals surface area contributed by atoms with Gasteiger partial charge in [0.2, 0.25) is 0 Å². The minimum absolute atomic E-state index is 0.455. The summed E-state index contributed by atoms with van der Waals surface area (Å²) in [6.07, 6.45) is 2.36. The van der Waals surface area contributed by atoms with Crippen LogP contribution < -0.4 is 11.1 Å². The smallest absolute Gasteiger partial charge is 0.0343 e. The Morgan fingerprint density at radius 3 is 2.60 bits per heavy atom. The Balaban J connectivity index is 1.86. The van der Waals surface area contributed by atoms with Gasteiger partial charge in [0.15, 0.2) is 0 Å². The van der Waals surface area contributed by atoms with Crippen LogP contribution in [0, 0.1) is 19.8 Å². The third kappa shape index (κ3) is 2.51. The molecule has 1 aliphatic rings. The van der Waals surface area contributed by atoms with Gasteiger partial charge in [-0.05, 0) is 55.9 Å². The van der Waals surface area contributed by atoms with Gasteiger partial charge in [0, 0.05) is 18.3 Å². The lowest BCUT2D eigenvalue weighted by molar-refractivity contribution is 0.280. The number of benzene rings is 1. The maximum atomic E-state index is 5.75. The average molecular weight is 204 g/mol. The molecule has 0 radical (unpaired) electrons. The molecule has 82 valence electrons. The van der Waals surface area contributed by atoms with Gasteiger partial charge in [0.25, 0.3) is 0 Å². The van der Waals surface area contributed by atoms with E-state index in [1.807, 2.05) is 0 Å². The van der Waals surface area contributed by atoms with E-state index >= 15 is 0 Å². The SMILES string of the molecule is Cc1ccc(NCC2CC(N)C2)cc1C. The quantitative estimate of drug-likeness (QED) is 0.793. The van der Waals surface area contributed by atoms with Crippen molar-refractivity contribution >= 4 is 5.69 Å². The summed E-state index contributed by atoms with van der Waals surface area (Å²) in [6.45, 7) is 5.36. The number of rotatable bonds is 3. The molecule has 2 rings (SSSR count). The zero-order chi connectivity index (χ0) is 10.8. The van der Waals surface area contributed by atoms with E-state index in [0.717, 1.165) is 12.5 Å². The van der Waals surface area contributed by atoms with Gasteiger partial charge < -0.3 is 11.1 Å². The number of nitrogens with one attached hydrogen (secondary N) is 1. The summed E-state index contributed by atoms with van der Waals surface area (Å²) < 4.78 is 0. The van der Waals surface area contributed by atoms with Gasteiger partial charge in [-0.15, -0.1) is 0 Å². The molecule has 0 aromatic heterocycles. The van der Waals surface area contributed by atoms with E-state index in [1.54, 1.807) is 0 Å². The predicted molar refractivity (Wildman–Crippen MR) is 65.1 cm³/mol. The van der Waals surface area contributed by atoms with Crippen molar-refractivity contribution in [3.8, 4) is 0 Å². The molecule has 1 aromatic rings. The van der Waals surface area contributed by atoms with E-state index in [1.165, 1.54) is 29.7 Å². The van der Waals surface area contributed by atoms with E-state index in [0.29, 0.717) is 6.04 Å². The van der Waals surface area contributed by atoms with Gasteiger partial charge in [0.1, 0.15) is 0 Å². The van der Waals surface area contributed by atoms with Crippen molar-refractivity contribution in [1.29, 1.82) is 0 Å². The Labute approximate surface area is 91.9 Å². The van der Waals surface area contributed by atoms with E-state index in [-0.39, 0.29) is 0 Å². The van der Waals surface area contributed by atoms with Crippen LogP contribution in [0.3, 0.4) is 0 Å². The van der Waals surface area contributed by atoms with E-state index in [2.05, 4.69) is 37.4 Å². The normalized spacial score (nSPS) is 24.7.